The normalized spacial score (nSPS) is 11.1. The van der Waals surface area contributed by atoms with Crippen LogP contribution in [0.2, 0.25) is 0 Å². The third kappa shape index (κ3) is 2.44. The van der Waals surface area contributed by atoms with Gasteiger partial charge in [0.1, 0.15) is 10.6 Å². The van der Waals surface area contributed by atoms with Gasteiger partial charge in [0.15, 0.2) is 5.76 Å². The largest absolute Gasteiger partial charge is 0.433 e. The van der Waals surface area contributed by atoms with Crippen LogP contribution in [0.15, 0.2) is 58.2 Å². The third-order valence-electron chi connectivity index (χ3n) is 2.97. The van der Waals surface area contributed by atoms with Gasteiger partial charge in [0.05, 0.1) is 18.0 Å². The summed E-state index contributed by atoms with van der Waals surface area (Å²) < 4.78 is 6.72. The summed E-state index contributed by atoms with van der Waals surface area (Å²) in [7, 11) is 0. The molecule has 22 heavy (non-hydrogen) atoms. The number of oxime groups is 1. The molecule has 0 atom stereocenters. The lowest BCUT2D eigenvalue weighted by Gasteiger charge is -1.98. The Morgan fingerprint density at radius 2 is 2.05 bits per heavy atom. The average Bonchev–Trinajstić information content (AvgIpc) is 3.15. The number of rotatable bonds is 4. The molecule has 1 N–H and O–H groups in total. The summed E-state index contributed by atoms with van der Waals surface area (Å²) in [5.74, 6) is -0.160. The fraction of sp³-hybridized carbons (Fsp3) is 0. The lowest BCUT2D eigenvalue weighted by molar-refractivity contribution is -0.401. The minimum absolute atomic E-state index is 0.219. The molecule has 3 rings (SSSR count). The predicted molar refractivity (Wildman–Crippen MR) is 77.3 cm³/mol. The molecule has 0 aliphatic heterocycles. The van der Waals surface area contributed by atoms with Gasteiger partial charge in [0.2, 0.25) is 0 Å². The number of hydrogen-bond acceptors (Lipinski definition) is 6. The highest BCUT2D eigenvalue weighted by Gasteiger charge is 2.18. The highest BCUT2D eigenvalue weighted by Crippen LogP contribution is 2.27. The maximum Gasteiger partial charge on any atom is 0.433 e. The Morgan fingerprint density at radius 1 is 1.27 bits per heavy atom. The molecule has 0 aliphatic rings. The van der Waals surface area contributed by atoms with Crippen molar-refractivity contribution in [2.45, 2.75) is 0 Å². The second kappa shape index (κ2) is 5.52. The van der Waals surface area contributed by atoms with Crippen molar-refractivity contribution >= 4 is 12.1 Å². The first-order valence-corrected chi connectivity index (χ1v) is 6.26. The van der Waals surface area contributed by atoms with Crippen molar-refractivity contribution in [2.75, 3.05) is 0 Å². The molecule has 0 fully saturated rings. The Bertz CT molecular complexity index is 836. The number of nitro groups is 1. The van der Waals surface area contributed by atoms with Gasteiger partial charge in [-0.3, -0.25) is 10.1 Å². The van der Waals surface area contributed by atoms with Gasteiger partial charge in [-0.1, -0.05) is 23.4 Å². The SMILES string of the molecule is O=[N+]([O-])c1ccc(-c2nn(-c3ccccc3)cc2/C=N/O)o1. The summed E-state index contributed by atoms with van der Waals surface area (Å²) in [5.41, 5.74) is 1.60. The summed E-state index contributed by atoms with van der Waals surface area (Å²) in [6.45, 7) is 0. The number of aromatic nitrogens is 2. The molecular weight excluding hydrogens is 288 g/mol. The zero-order valence-electron chi connectivity index (χ0n) is 11.2. The number of hydrogen-bond donors (Lipinski definition) is 1. The smallest absolute Gasteiger partial charge is 0.411 e. The van der Waals surface area contributed by atoms with Gasteiger partial charge in [0.25, 0.3) is 0 Å². The van der Waals surface area contributed by atoms with Gasteiger partial charge in [-0.2, -0.15) is 5.10 Å². The van der Waals surface area contributed by atoms with Crippen LogP contribution in [-0.4, -0.2) is 26.1 Å². The first kappa shape index (κ1) is 13.6. The Morgan fingerprint density at radius 3 is 2.68 bits per heavy atom. The molecule has 0 spiro atoms. The van der Waals surface area contributed by atoms with Gasteiger partial charge in [-0.15, -0.1) is 0 Å². The molecule has 8 nitrogen and oxygen atoms in total. The van der Waals surface area contributed by atoms with Gasteiger partial charge in [0, 0.05) is 11.8 Å². The van der Waals surface area contributed by atoms with E-state index in [0.717, 1.165) is 5.69 Å². The molecule has 2 heterocycles. The Kier molecular flexibility index (Phi) is 3.40. The van der Waals surface area contributed by atoms with Crippen molar-refractivity contribution in [3.63, 3.8) is 0 Å². The first-order valence-electron chi connectivity index (χ1n) is 6.26. The maximum atomic E-state index is 10.7. The summed E-state index contributed by atoms with van der Waals surface area (Å²) in [5, 5.41) is 26.8. The monoisotopic (exact) mass is 298 g/mol. The van der Waals surface area contributed by atoms with E-state index in [1.165, 1.54) is 18.3 Å². The average molecular weight is 298 g/mol. The van der Waals surface area contributed by atoms with E-state index in [1.807, 2.05) is 30.3 Å². The predicted octanol–water partition coefficient (Wildman–Crippen LogP) is 2.85. The highest BCUT2D eigenvalue weighted by molar-refractivity contribution is 5.87. The molecule has 0 radical (unpaired) electrons. The van der Waals surface area contributed by atoms with Crippen molar-refractivity contribution < 1.29 is 14.5 Å². The molecule has 0 aliphatic carbocycles. The fourth-order valence-corrected chi connectivity index (χ4v) is 2.00. The standard InChI is InChI=1S/C14H10N4O4/c19-15-8-10-9-17(11-4-2-1-3-5-11)16-14(10)12-6-7-13(22-12)18(20)21/h1-9,19H/b15-8+. The van der Waals surface area contributed by atoms with E-state index in [4.69, 9.17) is 9.62 Å². The van der Waals surface area contributed by atoms with Crippen LogP contribution < -0.4 is 0 Å². The highest BCUT2D eigenvalue weighted by atomic mass is 16.6. The van der Waals surface area contributed by atoms with Crippen LogP contribution in [0, 0.1) is 10.1 Å². The van der Waals surface area contributed by atoms with Crippen LogP contribution in [-0.2, 0) is 0 Å². The number of benzene rings is 1. The van der Waals surface area contributed by atoms with Gasteiger partial charge in [-0.25, -0.2) is 4.68 Å². The van der Waals surface area contributed by atoms with E-state index >= 15 is 0 Å². The maximum absolute atomic E-state index is 10.7. The second-order valence-electron chi connectivity index (χ2n) is 4.35. The topological polar surface area (TPSA) is 107 Å². The zero-order chi connectivity index (χ0) is 15.5. The van der Waals surface area contributed by atoms with Crippen LogP contribution in [0.5, 0.6) is 0 Å². The quantitative estimate of drug-likeness (QED) is 0.345. The summed E-state index contributed by atoms with van der Waals surface area (Å²) in [4.78, 5) is 10.1. The molecule has 0 amide bonds. The second-order valence-corrected chi connectivity index (χ2v) is 4.35. The van der Waals surface area contributed by atoms with Crippen LogP contribution in [0.1, 0.15) is 5.56 Å². The Hall–Kier alpha value is -3.42. The number of nitrogens with zero attached hydrogens (tertiary/aromatic N) is 4. The molecule has 0 bridgehead atoms. The van der Waals surface area contributed by atoms with Crippen LogP contribution >= 0.6 is 0 Å². The zero-order valence-corrected chi connectivity index (χ0v) is 11.2. The number of para-hydroxylation sites is 1. The van der Waals surface area contributed by atoms with E-state index < -0.39 is 4.92 Å². The van der Waals surface area contributed by atoms with E-state index in [9.17, 15) is 10.1 Å². The Balaban J connectivity index is 2.09. The van der Waals surface area contributed by atoms with Crippen molar-refractivity contribution in [3.05, 3.63) is 64.3 Å². The van der Waals surface area contributed by atoms with E-state index in [-0.39, 0.29) is 11.6 Å². The van der Waals surface area contributed by atoms with Crippen molar-refractivity contribution in [3.8, 4) is 17.1 Å². The minimum Gasteiger partial charge on any atom is -0.411 e. The fourth-order valence-electron chi connectivity index (χ4n) is 2.00. The van der Waals surface area contributed by atoms with Crippen molar-refractivity contribution in [1.29, 1.82) is 0 Å². The molecule has 0 saturated heterocycles. The Labute approximate surface area is 124 Å². The van der Waals surface area contributed by atoms with Gasteiger partial charge in [-0.05, 0) is 18.2 Å². The molecule has 110 valence electrons. The minimum atomic E-state index is -0.627. The van der Waals surface area contributed by atoms with Gasteiger partial charge >= 0.3 is 5.88 Å². The number of furan rings is 1. The van der Waals surface area contributed by atoms with Crippen LogP contribution in [0.3, 0.4) is 0 Å². The summed E-state index contributed by atoms with van der Waals surface area (Å²) in [6, 6.07) is 12.0. The molecule has 0 saturated carbocycles. The van der Waals surface area contributed by atoms with E-state index in [1.54, 1.807) is 10.9 Å². The molecule has 3 aromatic rings. The first-order chi connectivity index (χ1) is 10.7. The van der Waals surface area contributed by atoms with E-state index in [2.05, 4.69) is 10.3 Å². The lowest BCUT2D eigenvalue weighted by atomic mass is 10.2. The molecule has 8 heteroatoms. The van der Waals surface area contributed by atoms with E-state index in [0.29, 0.717) is 11.3 Å². The summed E-state index contributed by atoms with van der Waals surface area (Å²) in [6.07, 6.45) is 2.83. The lowest BCUT2D eigenvalue weighted by Crippen LogP contribution is -1.93. The van der Waals surface area contributed by atoms with Crippen LogP contribution in [0.4, 0.5) is 5.88 Å². The van der Waals surface area contributed by atoms with Crippen LogP contribution in [0.25, 0.3) is 17.1 Å². The third-order valence-corrected chi connectivity index (χ3v) is 2.97. The molecule has 0 unspecified atom stereocenters. The molecule has 2 aromatic heterocycles. The summed E-state index contributed by atoms with van der Waals surface area (Å²) >= 11 is 0. The molecule has 1 aromatic carbocycles. The molecular formula is C14H10N4O4. The van der Waals surface area contributed by atoms with Gasteiger partial charge < -0.3 is 9.62 Å². The van der Waals surface area contributed by atoms with Crippen molar-refractivity contribution in [2.24, 2.45) is 5.16 Å². The van der Waals surface area contributed by atoms with Crippen molar-refractivity contribution in [1.82, 2.24) is 9.78 Å².